The molecule has 5 nitrogen and oxygen atoms in total. The lowest BCUT2D eigenvalue weighted by molar-refractivity contribution is -0.144. The Morgan fingerprint density at radius 1 is 1.12 bits per heavy atom. The Balaban J connectivity index is 2.76. The van der Waals surface area contributed by atoms with Crippen LogP contribution in [-0.4, -0.2) is 17.0 Å². The fourth-order valence-electron chi connectivity index (χ4n) is 1.05. The van der Waals surface area contributed by atoms with E-state index in [-0.39, 0.29) is 0 Å². The minimum absolute atomic E-state index is 0.481. The van der Waals surface area contributed by atoms with Gasteiger partial charge in [-0.25, -0.2) is 5.48 Å². The molecule has 3 N–H and O–H groups in total. The molecule has 0 spiro atoms. The van der Waals surface area contributed by atoms with E-state index in [2.05, 4.69) is 5.32 Å². The summed E-state index contributed by atoms with van der Waals surface area (Å²) in [5.41, 5.74) is 0.746. The predicted molar refractivity (Wildman–Crippen MR) is 58.8 cm³/mol. The number of anilines is 1. The van der Waals surface area contributed by atoms with Crippen LogP contribution in [0.4, 0.5) is 5.69 Å². The van der Waals surface area contributed by atoms with Crippen molar-refractivity contribution in [2.45, 2.75) is 13.8 Å². The first-order valence-corrected chi connectivity index (χ1v) is 4.79. The van der Waals surface area contributed by atoms with E-state index in [1.807, 2.05) is 6.07 Å². The Morgan fingerprint density at radius 2 is 1.69 bits per heavy atom. The van der Waals surface area contributed by atoms with Crippen molar-refractivity contribution in [3.8, 4) is 0 Å². The van der Waals surface area contributed by atoms with Gasteiger partial charge in [-0.15, -0.1) is 0 Å². The lowest BCUT2D eigenvalue weighted by atomic mass is 9.91. The van der Waals surface area contributed by atoms with Gasteiger partial charge in [-0.1, -0.05) is 18.2 Å². The summed E-state index contributed by atoms with van der Waals surface area (Å²) >= 11 is 0. The van der Waals surface area contributed by atoms with Gasteiger partial charge >= 0.3 is 0 Å². The van der Waals surface area contributed by atoms with Crippen LogP contribution in [0.2, 0.25) is 0 Å². The number of rotatable bonds is 3. The van der Waals surface area contributed by atoms with Gasteiger partial charge in [-0.05, 0) is 26.0 Å². The van der Waals surface area contributed by atoms with Gasteiger partial charge in [-0.2, -0.15) is 0 Å². The highest BCUT2D eigenvalue weighted by molar-refractivity contribution is 6.09. The van der Waals surface area contributed by atoms with Crippen LogP contribution in [0.25, 0.3) is 0 Å². The standard InChI is InChI=1S/C11H14N2O3/c1-11(2,10(15)13-16)9(14)12-8-6-4-3-5-7-8/h3-7,16H,1-2H3,(H,12,14)(H,13,15). The zero-order valence-corrected chi connectivity index (χ0v) is 9.15. The second-order valence-corrected chi connectivity index (χ2v) is 3.89. The Kier molecular flexibility index (Phi) is 3.63. The first-order valence-electron chi connectivity index (χ1n) is 4.79. The van der Waals surface area contributed by atoms with Gasteiger partial charge in [-0.3, -0.25) is 14.8 Å². The molecule has 0 saturated carbocycles. The van der Waals surface area contributed by atoms with Crippen LogP contribution >= 0.6 is 0 Å². The van der Waals surface area contributed by atoms with Crippen molar-refractivity contribution in [1.82, 2.24) is 5.48 Å². The molecule has 0 bridgehead atoms. The first-order chi connectivity index (χ1) is 7.48. The Hall–Kier alpha value is -1.88. The van der Waals surface area contributed by atoms with Crippen molar-refractivity contribution in [2.24, 2.45) is 5.41 Å². The topological polar surface area (TPSA) is 78.4 Å². The monoisotopic (exact) mass is 222 g/mol. The third-order valence-corrected chi connectivity index (χ3v) is 2.27. The number of hydroxylamine groups is 1. The molecule has 0 aromatic heterocycles. The summed E-state index contributed by atoms with van der Waals surface area (Å²) in [6, 6.07) is 8.79. The quantitative estimate of drug-likeness (QED) is 0.408. The lowest BCUT2D eigenvalue weighted by Crippen LogP contribution is -2.44. The molecule has 0 saturated heterocycles. The molecule has 0 fully saturated rings. The van der Waals surface area contributed by atoms with E-state index >= 15 is 0 Å². The molecule has 5 heteroatoms. The van der Waals surface area contributed by atoms with Crippen LogP contribution in [0.5, 0.6) is 0 Å². The summed E-state index contributed by atoms with van der Waals surface area (Å²) in [6.45, 7) is 2.85. The molecule has 0 radical (unpaired) electrons. The molecular formula is C11H14N2O3. The molecule has 0 aliphatic rings. The van der Waals surface area contributed by atoms with E-state index < -0.39 is 17.2 Å². The maximum absolute atomic E-state index is 11.8. The average Bonchev–Trinajstić information content (AvgIpc) is 2.29. The van der Waals surface area contributed by atoms with Gasteiger partial charge in [0.05, 0.1) is 0 Å². The van der Waals surface area contributed by atoms with E-state index in [1.54, 1.807) is 24.3 Å². The maximum Gasteiger partial charge on any atom is 0.258 e. The molecule has 0 unspecified atom stereocenters. The number of nitrogens with one attached hydrogen (secondary N) is 2. The van der Waals surface area contributed by atoms with Crippen molar-refractivity contribution in [3.05, 3.63) is 30.3 Å². The molecule has 2 amide bonds. The maximum atomic E-state index is 11.8. The number of hydrogen-bond acceptors (Lipinski definition) is 3. The van der Waals surface area contributed by atoms with E-state index in [0.717, 1.165) is 0 Å². The lowest BCUT2D eigenvalue weighted by Gasteiger charge is -2.20. The molecule has 1 rings (SSSR count). The summed E-state index contributed by atoms with van der Waals surface area (Å²) in [4.78, 5) is 23.0. The van der Waals surface area contributed by atoms with Crippen molar-refractivity contribution in [3.63, 3.8) is 0 Å². The van der Waals surface area contributed by atoms with Gasteiger partial charge in [0.25, 0.3) is 5.91 Å². The van der Waals surface area contributed by atoms with Crippen LogP contribution in [-0.2, 0) is 9.59 Å². The minimum Gasteiger partial charge on any atom is -0.325 e. The third kappa shape index (κ3) is 2.58. The van der Waals surface area contributed by atoms with Crippen LogP contribution in [0.1, 0.15) is 13.8 Å². The molecular weight excluding hydrogens is 208 g/mol. The Morgan fingerprint density at radius 3 is 2.19 bits per heavy atom. The number of amides is 2. The Bertz CT molecular complexity index is 387. The molecule has 16 heavy (non-hydrogen) atoms. The van der Waals surface area contributed by atoms with Gasteiger partial charge in [0.1, 0.15) is 5.41 Å². The van der Waals surface area contributed by atoms with Crippen molar-refractivity contribution in [1.29, 1.82) is 0 Å². The van der Waals surface area contributed by atoms with E-state index in [1.165, 1.54) is 19.3 Å². The molecule has 0 aliphatic heterocycles. The van der Waals surface area contributed by atoms with E-state index in [0.29, 0.717) is 5.69 Å². The molecule has 0 aliphatic carbocycles. The minimum atomic E-state index is -1.33. The largest absolute Gasteiger partial charge is 0.325 e. The molecule has 0 atom stereocenters. The highest BCUT2D eigenvalue weighted by Crippen LogP contribution is 2.18. The number of carbonyl (C=O) groups excluding carboxylic acids is 2. The van der Waals surface area contributed by atoms with Gasteiger partial charge in [0.15, 0.2) is 0 Å². The van der Waals surface area contributed by atoms with Crippen LogP contribution in [0, 0.1) is 5.41 Å². The second kappa shape index (κ2) is 4.76. The normalized spacial score (nSPS) is 10.7. The van der Waals surface area contributed by atoms with Crippen molar-refractivity contribution >= 4 is 17.5 Å². The van der Waals surface area contributed by atoms with Gasteiger partial charge in [0, 0.05) is 5.69 Å². The highest BCUT2D eigenvalue weighted by Gasteiger charge is 2.35. The van der Waals surface area contributed by atoms with Crippen LogP contribution in [0.3, 0.4) is 0 Å². The van der Waals surface area contributed by atoms with E-state index in [9.17, 15) is 9.59 Å². The Labute approximate surface area is 93.4 Å². The third-order valence-electron chi connectivity index (χ3n) is 2.27. The van der Waals surface area contributed by atoms with Crippen LogP contribution < -0.4 is 10.8 Å². The van der Waals surface area contributed by atoms with Gasteiger partial charge < -0.3 is 5.32 Å². The molecule has 1 aromatic rings. The fraction of sp³-hybridized carbons (Fsp3) is 0.273. The summed E-state index contributed by atoms with van der Waals surface area (Å²) in [5.74, 6) is -1.23. The predicted octanol–water partition coefficient (Wildman–Crippen LogP) is 1.16. The smallest absolute Gasteiger partial charge is 0.258 e. The molecule has 1 aromatic carbocycles. The van der Waals surface area contributed by atoms with Crippen molar-refractivity contribution < 1.29 is 14.8 Å². The SMILES string of the molecule is CC(C)(C(=O)NO)C(=O)Nc1ccccc1. The zero-order chi connectivity index (χ0) is 12.2. The summed E-state index contributed by atoms with van der Waals surface area (Å²) in [7, 11) is 0. The van der Waals surface area contributed by atoms with Crippen molar-refractivity contribution in [2.75, 3.05) is 5.32 Å². The number of para-hydroxylation sites is 1. The number of hydrogen-bond donors (Lipinski definition) is 3. The number of carbonyl (C=O) groups is 2. The van der Waals surface area contributed by atoms with E-state index in [4.69, 9.17) is 5.21 Å². The average molecular weight is 222 g/mol. The first kappa shape index (κ1) is 12.2. The van der Waals surface area contributed by atoms with Gasteiger partial charge in [0.2, 0.25) is 5.91 Å². The zero-order valence-electron chi connectivity index (χ0n) is 9.15. The molecule has 86 valence electrons. The fourth-order valence-corrected chi connectivity index (χ4v) is 1.05. The summed E-state index contributed by atoms with van der Waals surface area (Å²) < 4.78 is 0. The number of benzene rings is 1. The summed E-state index contributed by atoms with van der Waals surface area (Å²) in [5, 5.41) is 11.1. The molecule has 0 heterocycles. The second-order valence-electron chi connectivity index (χ2n) is 3.89. The summed E-state index contributed by atoms with van der Waals surface area (Å²) in [6.07, 6.45) is 0. The highest BCUT2D eigenvalue weighted by atomic mass is 16.5. The van der Waals surface area contributed by atoms with Crippen LogP contribution in [0.15, 0.2) is 30.3 Å².